The minimum Gasteiger partial charge on any atom is -0.493 e. The van der Waals surface area contributed by atoms with Crippen LogP contribution in [-0.2, 0) is 11.3 Å². The number of para-hydroxylation sites is 1. The fourth-order valence-electron chi connectivity index (χ4n) is 3.93. The van der Waals surface area contributed by atoms with E-state index in [0.29, 0.717) is 36.2 Å². The van der Waals surface area contributed by atoms with Crippen molar-refractivity contribution in [1.29, 1.82) is 0 Å². The van der Waals surface area contributed by atoms with Crippen molar-refractivity contribution in [3.63, 3.8) is 0 Å². The first kappa shape index (κ1) is 21.9. The van der Waals surface area contributed by atoms with E-state index in [9.17, 15) is 4.79 Å². The second-order valence-corrected chi connectivity index (χ2v) is 7.63. The predicted octanol–water partition coefficient (Wildman–Crippen LogP) is 2.93. The maximum Gasteiger partial charge on any atom is 0.225 e. The van der Waals surface area contributed by atoms with Crippen molar-refractivity contribution in [3.05, 3.63) is 59.7 Å². The highest BCUT2D eigenvalue weighted by Crippen LogP contribution is 2.42. The lowest BCUT2D eigenvalue weighted by molar-refractivity contribution is -0.125. The molecule has 2 aromatic carbocycles. The van der Waals surface area contributed by atoms with Crippen LogP contribution >= 0.6 is 12.2 Å². The molecule has 1 heterocycles. The van der Waals surface area contributed by atoms with Crippen molar-refractivity contribution in [2.45, 2.75) is 19.4 Å². The lowest BCUT2D eigenvalue weighted by atomic mass is 9.87. The van der Waals surface area contributed by atoms with E-state index in [0.717, 1.165) is 17.7 Å². The number of hydrogen-bond acceptors (Lipinski definition) is 4. The molecule has 0 aliphatic carbocycles. The standard InChI is InChI=1S/C23H29N3O3S/c1-4-24-23(30)26-14-18(17-11-8-12-20(28-2)21(17)29-3)19(15-26)22(27)25-13-16-9-6-5-7-10-16/h5-12,18-19H,4,13-15H2,1-3H3,(H,24,30)(H,25,27). The Kier molecular flexibility index (Phi) is 7.52. The highest BCUT2D eigenvalue weighted by molar-refractivity contribution is 7.80. The van der Waals surface area contributed by atoms with Gasteiger partial charge in [0.05, 0.1) is 20.1 Å². The predicted molar refractivity (Wildman–Crippen MR) is 122 cm³/mol. The van der Waals surface area contributed by atoms with Gasteiger partial charge < -0.3 is 25.0 Å². The Bertz CT molecular complexity index is 875. The maximum atomic E-state index is 13.2. The molecule has 1 saturated heterocycles. The van der Waals surface area contributed by atoms with Crippen LogP contribution < -0.4 is 20.1 Å². The molecule has 2 aromatic rings. The molecule has 0 spiro atoms. The molecule has 1 aliphatic heterocycles. The molecule has 2 unspecified atom stereocenters. The van der Waals surface area contributed by atoms with Crippen LogP contribution in [0.2, 0.25) is 0 Å². The third-order valence-electron chi connectivity index (χ3n) is 5.41. The quantitative estimate of drug-likeness (QED) is 0.663. The van der Waals surface area contributed by atoms with E-state index in [1.165, 1.54) is 0 Å². The van der Waals surface area contributed by atoms with Gasteiger partial charge >= 0.3 is 0 Å². The van der Waals surface area contributed by atoms with Crippen LogP contribution in [0.1, 0.15) is 24.0 Å². The summed E-state index contributed by atoms with van der Waals surface area (Å²) in [5.74, 6) is 1.01. The molecule has 0 aromatic heterocycles. The topological polar surface area (TPSA) is 62.8 Å². The number of ether oxygens (including phenoxy) is 2. The molecule has 0 bridgehead atoms. The number of benzene rings is 2. The third-order valence-corrected chi connectivity index (χ3v) is 5.82. The van der Waals surface area contributed by atoms with Gasteiger partial charge in [0.15, 0.2) is 16.6 Å². The highest BCUT2D eigenvalue weighted by atomic mass is 32.1. The fraction of sp³-hybridized carbons (Fsp3) is 0.391. The van der Waals surface area contributed by atoms with Crippen LogP contribution in [0.25, 0.3) is 0 Å². The van der Waals surface area contributed by atoms with Crippen molar-refractivity contribution in [1.82, 2.24) is 15.5 Å². The van der Waals surface area contributed by atoms with Gasteiger partial charge in [-0.1, -0.05) is 42.5 Å². The van der Waals surface area contributed by atoms with Gasteiger partial charge in [0.1, 0.15) is 0 Å². The second-order valence-electron chi connectivity index (χ2n) is 7.24. The summed E-state index contributed by atoms with van der Waals surface area (Å²) in [6.45, 7) is 4.44. The first-order valence-corrected chi connectivity index (χ1v) is 10.5. The minimum atomic E-state index is -0.258. The summed E-state index contributed by atoms with van der Waals surface area (Å²) in [6.07, 6.45) is 0. The Hall–Kier alpha value is -2.80. The SMILES string of the molecule is CCNC(=S)N1CC(C(=O)NCc2ccccc2)C(c2cccc(OC)c2OC)C1. The van der Waals surface area contributed by atoms with E-state index < -0.39 is 0 Å². The number of hydrogen-bond donors (Lipinski definition) is 2. The molecular formula is C23H29N3O3S. The molecule has 2 atom stereocenters. The molecule has 1 aliphatic rings. The Labute approximate surface area is 183 Å². The molecule has 1 fully saturated rings. The number of nitrogens with zero attached hydrogens (tertiary/aromatic N) is 1. The summed E-state index contributed by atoms with van der Waals surface area (Å²) in [5.41, 5.74) is 2.03. The number of nitrogens with one attached hydrogen (secondary N) is 2. The molecule has 3 rings (SSSR count). The normalized spacial score (nSPS) is 18.0. The van der Waals surface area contributed by atoms with Crippen molar-refractivity contribution in [2.24, 2.45) is 5.92 Å². The lowest BCUT2D eigenvalue weighted by Gasteiger charge is -2.22. The Balaban J connectivity index is 1.86. The van der Waals surface area contributed by atoms with Crippen LogP contribution in [0.3, 0.4) is 0 Å². The van der Waals surface area contributed by atoms with E-state index >= 15 is 0 Å². The number of carbonyl (C=O) groups is 1. The summed E-state index contributed by atoms with van der Waals surface area (Å²) in [6, 6.07) is 15.7. The first-order valence-electron chi connectivity index (χ1n) is 10.1. The van der Waals surface area contributed by atoms with E-state index in [2.05, 4.69) is 15.5 Å². The van der Waals surface area contributed by atoms with Crippen molar-refractivity contribution in [2.75, 3.05) is 33.9 Å². The molecule has 6 nitrogen and oxygen atoms in total. The van der Waals surface area contributed by atoms with Crippen LogP contribution in [0.15, 0.2) is 48.5 Å². The van der Waals surface area contributed by atoms with E-state index in [1.807, 2.05) is 55.5 Å². The number of methoxy groups -OCH3 is 2. The average Bonchev–Trinajstić information content (AvgIpc) is 3.23. The van der Waals surface area contributed by atoms with Gasteiger partial charge in [-0.2, -0.15) is 0 Å². The summed E-state index contributed by atoms with van der Waals surface area (Å²) < 4.78 is 11.1. The number of carbonyl (C=O) groups excluding carboxylic acids is 1. The lowest BCUT2D eigenvalue weighted by Crippen LogP contribution is -2.39. The molecule has 160 valence electrons. The summed E-state index contributed by atoms with van der Waals surface area (Å²) >= 11 is 5.53. The van der Waals surface area contributed by atoms with Gasteiger partial charge in [-0.25, -0.2) is 0 Å². The Morgan fingerprint density at radius 1 is 1.07 bits per heavy atom. The van der Waals surface area contributed by atoms with E-state index in [1.54, 1.807) is 14.2 Å². The van der Waals surface area contributed by atoms with Gasteiger partial charge in [0.25, 0.3) is 0 Å². The van der Waals surface area contributed by atoms with Crippen molar-refractivity contribution >= 4 is 23.2 Å². The van der Waals surface area contributed by atoms with Crippen LogP contribution in [-0.4, -0.2) is 49.8 Å². The minimum absolute atomic E-state index is 0.00974. The van der Waals surface area contributed by atoms with Gasteiger partial charge in [-0.3, -0.25) is 4.79 Å². The summed E-state index contributed by atoms with van der Waals surface area (Å²) in [4.78, 5) is 15.3. The highest BCUT2D eigenvalue weighted by Gasteiger charge is 2.41. The molecule has 2 N–H and O–H groups in total. The maximum absolute atomic E-state index is 13.2. The van der Waals surface area contributed by atoms with Crippen LogP contribution in [0.5, 0.6) is 11.5 Å². The third kappa shape index (κ3) is 4.84. The van der Waals surface area contributed by atoms with Gasteiger partial charge in [-0.15, -0.1) is 0 Å². The van der Waals surface area contributed by atoms with E-state index in [-0.39, 0.29) is 17.7 Å². The molecule has 0 saturated carbocycles. The Morgan fingerprint density at radius 2 is 1.83 bits per heavy atom. The number of likely N-dealkylation sites (tertiary alicyclic amines) is 1. The number of thiocarbonyl (C=S) groups is 1. The van der Waals surface area contributed by atoms with Crippen molar-refractivity contribution < 1.29 is 14.3 Å². The van der Waals surface area contributed by atoms with Gasteiger partial charge in [0, 0.05) is 37.7 Å². The van der Waals surface area contributed by atoms with E-state index in [4.69, 9.17) is 21.7 Å². The van der Waals surface area contributed by atoms with Gasteiger partial charge in [0.2, 0.25) is 5.91 Å². The Morgan fingerprint density at radius 3 is 2.50 bits per heavy atom. The zero-order valence-electron chi connectivity index (χ0n) is 17.7. The number of amides is 1. The molecular weight excluding hydrogens is 398 g/mol. The molecule has 30 heavy (non-hydrogen) atoms. The molecule has 7 heteroatoms. The smallest absolute Gasteiger partial charge is 0.225 e. The van der Waals surface area contributed by atoms with Crippen LogP contribution in [0, 0.1) is 5.92 Å². The average molecular weight is 428 g/mol. The number of rotatable bonds is 7. The fourth-order valence-corrected chi connectivity index (χ4v) is 4.23. The van der Waals surface area contributed by atoms with Gasteiger partial charge in [-0.05, 0) is 30.8 Å². The molecule has 1 amide bonds. The summed E-state index contributed by atoms with van der Waals surface area (Å²) in [7, 11) is 3.24. The van der Waals surface area contributed by atoms with Crippen LogP contribution in [0.4, 0.5) is 0 Å². The first-order chi connectivity index (χ1) is 14.6. The zero-order valence-corrected chi connectivity index (χ0v) is 18.5. The second kappa shape index (κ2) is 10.3. The molecule has 0 radical (unpaired) electrons. The largest absolute Gasteiger partial charge is 0.493 e. The van der Waals surface area contributed by atoms with Crippen molar-refractivity contribution in [3.8, 4) is 11.5 Å². The summed E-state index contributed by atoms with van der Waals surface area (Å²) in [5, 5.41) is 6.96. The zero-order chi connectivity index (χ0) is 21.5. The monoisotopic (exact) mass is 427 g/mol.